The van der Waals surface area contributed by atoms with Gasteiger partial charge in [0.1, 0.15) is 18.2 Å². The van der Waals surface area contributed by atoms with Gasteiger partial charge in [-0.3, -0.25) is 9.69 Å². The lowest BCUT2D eigenvalue weighted by atomic mass is 10.1. The van der Waals surface area contributed by atoms with E-state index in [0.29, 0.717) is 13.2 Å². The number of nitrogens with zero attached hydrogens (tertiary/aromatic N) is 1. The summed E-state index contributed by atoms with van der Waals surface area (Å²) in [4.78, 5) is 13.6. The van der Waals surface area contributed by atoms with Crippen molar-refractivity contribution < 1.29 is 13.9 Å². The highest BCUT2D eigenvalue weighted by Gasteiger charge is 2.28. The molecule has 0 aromatic heterocycles. The highest BCUT2D eigenvalue weighted by atomic mass is 19.1. The molecule has 1 atom stereocenters. The van der Waals surface area contributed by atoms with Gasteiger partial charge in [-0.1, -0.05) is 24.3 Å². The van der Waals surface area contributed by atoms with E-state index in [0.717, 1.165) is 36.3 Å². The zero-order valence-corrected chi connectivity index (χ0v) is 13.5. The van der Waals surface area contributed by atoms with Gasteiger partial charge in [0.25, 0.3) is 0 Å². The molecule has 24 heavy (non-hydrogen) atoms. The number of carbonyl (C=O) groups is 1. The lowest BCUT2D eigenvalue weighted by molar-refractivity contribution is -0.122. The van der Waals surface area contributed by atoms with Crippen LogP contribution >= 0.6 is 0 Å². The van der Waals surface area contributed by atoms with Gasteiger partial charge in [0.2, 0.25) is 5.91 Å². The Morgan fingerprint density at radius 2 is 2.00 bits per heavy atom. The van der Waals surface area contributed by atoms with Crippen LogP contribution in [0, 0.1) is 5.82 Å². The van der Waals surface area contributed by atoms with E-state index < -0.39 is 0 Å². The molecule has 2 aromatic rings. The molecule has 2 aromatic carbocycles. The number of hydrogen-bond donors (Lipinski definition) is 1. The summed E-state index contributed by atoms with van der Waals surface area (Å²) in [6.07, 6.45) is 1.81. The third kappa shape index (κ3) is 4.11. The summed E-state index contributed by atoms with van der Waals surface area (Å²) < 4.78 is 18.9. The van der Waals surface area contributed by atoms with Gasteiger partial charge in [-0.15, -0.1) is 0 Å². The van der Waals surface area contributed by atoms with E-state index in [2.05, 4.69) is 4.90 Å². The van der Waals surface area contributed by atoms with Crippen molar-refractivity contribution in [2.75, 3.05) is 6.54 Å². The fraction of sp³-hybridized carbons (Fsp3) is 0.316. The average Bonchev–Trinajstić information content (AvgIpc) is 3.02. The molecule has 126 valence electrons. The van der Waals surface area contributed by atoms with Crippen molar-refractivity contribution in [2.45, 2.75) is 32.0 Å². The molecule has 1 amide bonds. The van der Waals surface area contributed by atoms with Crippen LogP contribution in [0.15, 0.2) is 48.5 Å². The van der Waals surface area contributed by atoms with Gasteiger partial charge in [0, 0.05) is 6.54 Å². The third-order valence-corrected chi connectivity index (χ3v) is 4.27. The van der Waals surface area contributed by atoms with E-state index in [9.17, 15) is 9.18 Å². The number of amides is 1. The van der Waals surface area contributed by atoms with Gasteiger partial charge < -0.3 is 10.5 Å². The Kier molecular flexibility index (Phi) is 5.11. The molecule has 0 bridgehead atoms. The maximum atomic E-state index is 13.2. The maximum Gasteiger partial charge on any atom is 0.234 e. The normalized spacial score (nSPS) is 17.8. The van der Waals surface area contributed by atoms with Crippen molar-refractivity contribution in [3.63, 3.8) is 0 Å². The summed E-state index contributed by atoms with van der Waals surface area (Å²) >= 11 is 0. The first-order valence-corrected chi connectivity index (χ1v) is 8.11. The Morgan fingerprint density at radius 3 is 2.79 bits per heavy atom. The average molecular weight is 328 g/mol. The summed E-state index contributed by atoms with van der Waals surface area (Å²) in [5, 5.41) is 0. The Hall–Kier alpha value is -2.40. The van der Waals surface area contributed by atoms with Crippen molar-refractivity contribution >= 4 is 5.91 Å². The zero-order valence-electron chi connectivity index (χ0n) is 13.5. The minimum absolute atomic E-state index is 0.179. The van der Waals surface area contributed by atoms with Crippen LogP contribution in [0.4, 0.5) is 4.39 Å². The monoisotopic (exact) mass is 328 g/mol. The van der Waals surface area contributed by atoms with Crippen LogP contribution in [0.5, 0.6) is 5.75 Å². The van der Waals surface area contributed by atoms with E-state index >= 15 is 0 Å². The highest BCUT2D eigenvalue weighted by Crippen LogP contribution is 2.22. The number of ether oxygens (including phenoxy) is 1. The lowest BCUT2D eigenvalue weighted by Gasteiger charge is -2.22. The maximum absolute atomic E-state index is 13.2. The molecule has 1 saturated heterocycles. The minimum atomic E-state index is -0.267. The van der Waals surface area contributed by atoms with Crippen molar-refractivity contribution in [2.24, 2.45) is 5.73 Å². The number of benzene rings is 2. The standard InChI is InChI=1S/C19H21FN2O2/c20-16-6-1-5-15(10-16)13-24-17-7-2-4-14(11-17)12-22-9-3-8-18(22)19(21)23/h1-2,4-7,10-11,18H,3,8-9,12-13H2,(H2,21,23)/t18-/m0/s1. The fourth-order valence-corrected chi connectivity index (χ4v) is 3.10. The number of nitrogens with two attached hydrogens (primary N) is 1. The summed E-state index contributed by atoms with van der Waals surface area (Å²) in [5.41, 5.74) is 7.32. The van der Waals surface area contributed by atoms with E-state index in [1.54, 1.807) is 6.07 Å². The quantitative estimate of drug-likeness (QED) is 0.887. The molecule has 4 nitrogen and oxygen atoms in total. The van der Waals surface area contributed by atoms with E-state index in [1.165, 1.54) is 12.1 Å². The molecule has 2 N–H and O–H groups in total. The molecule has 1 aliphatic heterocycles. The molecule has 3 rings (SSSR count). The smallest absolute Gasteiger partial charge is 0.234 e. The first-order valence-electron chi connectivity index (χ1n) is 8.11. The number of hydrogen-bond acceptors (Lipinski definition) is 3. The SMILES string of the molecule is NC(=O)[C@@H]1CCCN1Cc1cccc(OCc2cccc(F)c2)c1. The summed E-state index contributed by atoms with van der Waals surface area (Å²) in [6, 6.07) is 13.9. The van der Waals surface area contributed by atoms with E-state index in [1.807, 2.05) is 30.3 Å². The van der Waals surface area contributed by atoms with Gasteiger partial charge in [0.15, 0.2) is 0 Å². The van der Waals surface area contributed by atoms with Crippen molar-refractivity contribution in [1.82, 2.24) is 4.90 Å². The minimum Gasteiger partial charge on any atom is -0.489 e. The van der Waals surface area contributed by atoms with Crippen molar-refractivity contribution in [1.29, 1.82) is 0 Å². The first kappa shape index (κ1) is 16.5. The second-order valence-corrected chi connectivity index (χ2v) is 6.10. The van der Waals surface area contributed by atoms with Crippen molar-refractivity contribution in [3.8, 4) is 5.75 Å². The number of carbonyl (C=O) groups excluding carboxylic acids is 1. The molecular formula is C19H21FN2O2. The first-order chi connectivity index (χ1) is 11.6. The zero-order chi connectivity index (χ0) is 16.9. The Bertz CT molecular complexity index is 720. The van der Waals surface area contributed by atoms with Crippen LogP contribution in [0.1, 0.15) is 24.0 Å². The molecule has 1 fully saturated rings. The molecule has 0 radical (unpaired) electrons. The highest BCUT2D eigenvalue weighted by molar-refractivity contribution is 5.80. The third-order valence-electron chi connectivity index (χ3n) is 4.27. The van der Waals surface area contributed by atoms with E-state index in [-0.39, 0.29) is 17.8 Å². The predicted molar refractivity (Wildman–Crippen MR) is 89.8 cm³/mol. The molecule has 1 heterocycles. The predicted octanol–water partition coefficient (Wildman–Crippen LogP) is 2.85. The van der Waals surface area contributed by atoms with Gasteiger partial charge in [-0.2, -0.15) is 0 Å². The van der Waals surface area contributed by atoms with Gasteiger partial charge >= 0.3 is 0 Å². The Balaban J connectivity index is 1.62. The lowest BCUT2D eigenvalue weighted by Crippen LogP contribution is -2.39. The summed E-state index contributed by atoms with van der Waals surface area (Å²) in [6.45, 7) is 1.86. The fourth-order valence-electron chi connectivity index (χ4n) is 3.10. The van der Waals surface area contributed by atoms with Gasteiger partial charge in [-0.25, -0.2) is 4.39 Å². The molecule has 1 aliphatic rings. The van der Waals surface area contributed by atoms with Crippen molar-refractivity contribution in [3.05, 3.63) is 65.5 Å². The number of likely N-dealkylation sites (tertiary alicyclic amines) is 1. The van der Waals surface area contributed by atoms with Crippen LogP contribution < -0.4 is 10.5 Å². The topological polar surface area (TPSA) is 55.6 Å². The van der Waals surface area contributed by atoms with Gasteiger partial charge in [0.05, 0.1) is 6.04 Å². The second kappa shape index (κ2) is 7.45. The Labute approximate surface area is 141 Å². The molecule has 0 spiro atoms. The Morgan fingerprint density at radius 1 is 1.21 bits per heavy atom. The van der Waals surface area contributed by atoms with Crippen LogP contribution in [-0.2, 0) is 17.9 Å². The van der Waals surface area contributed by atoms with Gasteiger partial charge in [-0.05, 0) is 54.8 Å². The van der Waals surface area contributed by atoms with Crippen LogP contribution in [-0.4, -0.2) is 23.4 Å². The van der Waals surface area contributed by atoms with Crippen LogP contribution in [0.25, 0.3) is 0 Å². The largest absolute Gasteiger partial charge is 0.489 e. The summed E-state index contributed by atoms with van der Waals surface area (Å²) in [7, 11) is 0. The number of halogens is 1. The molecule has 0 unspecified atom stereocenters. The number of primary amides is 1. The van der Waals surface area contributed by atoms with Crippen LogP contribution in [0.2, 0.25) is 0 Å². The van der Waals surface area contributed by atoms with Crippen LogP contribution in [0.3, 0.4) is 0 Å². The molecule has 0 aliphatic carbocycles. The summed E-state index contributed by atoms with van der Waals surface area (Å²) in [5.74, 6) is 0.203. The molecule has 0 saturated carbocycles. The van der Waals surface area contributed by atoms with E-state index in [4.69, 9.17) is 10.5 Å². The number of rotatable bonds is 6. The molecule has 5 heteroatoms. The second-order valence-electron chi connectivity index (χ2n) is 6.10. The molecular weight excluding hydrogens is 307 g/mol.